The van der Waals surface area contributed by atoms with E-state index in [1.807, 2.05) is 23.1 Å². The molecule has 0 aliphatic heterocycles. The minimum absolute atomic E-state index is 0.151. The highest BCUT2D eigenvalue weighted by atomic mass is 16.3. The Morgan fingerprint density at radius 2 is 1.82 bits per heavy atom. The average molecular weight is 299 g/mol. The molecule has 0 spiro atoms. The normalized spacial score (nSPS) is 10.4. The van der Waals surface area contributed by atoms with Crippen molar-refractivity contribution in [2.24, 2.45) is 0 Å². The highest BCUT2D eigenvalue weighted by Crippen LogP contribution is 2.23. The Morgan fingerprint density at radius 3 is 2.50 bits per heavy atom. The maximum atomic E-state index is 10.3. The van der Waals surface area contributed by atoms with Crippen molar-refractivity contribution in [1.29, 1.82) is 0 Å². The summed E-state index contributed by atoms with van der Waals surface area (Å²) >= 11 is 0. The van der Waals surface area contributed by atoms with E-state index in [0.717, 1.165) is 50.1 Å². The molecule has 2 aromatic heterocycles. The Kier molecular flexibility index (Phi) is 6.36. The zero-order chi connectivity index (χ0) is 15.6. The Hall–Kier alpha value is -2.43. The predicted molar refractivity (Wildman–Crippen MR) is 86.3 cm³/mol. The number of hydrogen-bond donors (Lipinski definition) is 1. The summed E-state index contributed by atoms with van der Waals surface area (Å²) in [6.07, 6.45) is 8.88. The summed E-state index contributed by atoms with van der Waals surface area (Å²) in [5.74, 6) is 1.76. The molecule has 116 valence electrons. The van der Waals surface area contributed by atoms with Gasteiger partial charge in [0.2, 0.25) is 0 Å². The summed E-state index contributed by atoms with van der Waals surface area (Å²) in [6, 6.07) is 9.19. The third-order valence-corrected chi connectivity index (χ3v) is 3.39. The molecule has 0 saturated carbocycles. The van der Waals surface area contributed by atoms with Crippen molar-refractivity contribution in [3.05, 3.63) is 42.7 Å². The maximum Gasteiger partial charge on any atom is 0.134 e. The Bertz CT molecular complexity index is 558. The molecule has 0 saturated heterocycles. The average Bonchev–Trinajstić information content (AvgIpc) is 2.56. The lowest BCUT2D eigenvalue weighted by Crippen LogP contribution is -2.20. The van der Waals surface area contributed by atoms with Gasteiger partial charge in [0.15, 0.2) is 0 Å². The number of aldehydes is 1. The molecule has 5 nitrogen and oxygen atoms in total. The number of carbonyl (C=O) groups is 1. The van der Waals surface area contributed by atoms with Crippen molar-refractivity contribution >= 4 is 17.9 Å². The number of anilines is 2. The molecule has 2 rings (SSSR count). The highest BCUT2D eigenvalue weighted by Gasteiger charge is 2.11. The third kappa shape index (κ3) is 4.84. The summed E-state index contributed by atoms with van der Waals surface area (Å²) in [4.78, 5) is 21.0. The summed E-state index contributed by atoms with van der Waals surface area (Å²) in [5.41, 5.74) is 0. The van der Waals surface area contributed by atoms with Crippen LogP contribution < -0.4 is 4.90 Å². The van der Waals surface area contributed by atoms with Gasteiger partial charge in [-0.25, -0.2) is 9.97 Å². The highest BCUT2D eigenvalue weighted by molar-refractivity contribution is 5.55. The minimum atomic E-state index is 0.151. The maximum absolute atomic E-state index is 10.3. The number of hydrogen-bond acceptors (Lipinski definition) is 5. The monoisotopic (exact) mass is 299 g/mol. The van der Waals surface area contributed by atoms with Gasteiger partial charge in [-0.3, -0.25) is 0 Å². The van der Waals surface area contributed by atoms with Crippen LogP contribution in [0.2, 0.25) is 0 Å². The van der Waals surface area contributed by atoms with E-state index >= 15 is 0 Å². The second-order valence-corrected chi connectivity index (χ2v) is 5.08. The molecular formula is C17H21N3O2. The Morgan fingerprint density at radius 1 is 1.00 bits per heavy atom. The number of rotatable bonds is 9. The van der Waals surface area contributed by atoms with Crippen molar-refractivity contribution in [2.45, 2.75) is 32.1 Å². The molecule has 0 fully saturated rings. The number of nitrogens with zero attached hydrogens (tertiary/aromatic N) is 3. The van der Waals surface area contributed by atoms with Crippen LogP contribution in [0.3, 0.4) is 0 Å². The molecule has 0 amide bonds. The number of carbonyl (C=O) groups excluding carboxylic acids is 1. The van der Waals surface area contributed by atoms with Gasteiger partial charge in [-0.05, 0) is 37.1 Å². The van der Waals surface area contributed by atoms with Gasteiger partial charge < -0.3 is 14.8 Å². The van der Waals surface area contributed by atoms with Crippen molar-refractivity contribution in [3.8, 4) is 5.75 Å². The van der Waals surface area contributed by atoms with E-state index < -0.39 is 0 Å². The number of pyridine rings is 2. The van der Waals surface area contributed by atoms with Crippen LogP contribution in [-0.2, 0) is 4.79 Å². The molecule has 0 aromatic carbocycles. The fourth-order valence-corrected chi connectivity index (χ4v) is 2.25. The van der Waals surface area contributed by atoms with Crippen LogP contribution in [0.4, 0.5) is 11.6 Å². The first kappa shape index (κ1) is 15.9. The molecule has 0 aliphatic rings. The smallest absolute Gasteiger partial charge is 0.134 e. The van der Waals surface area contributed by atoms with Gasteiger partial charge >= 0.3 is 0 Å². The van der Waals surface area contributed by atoms with Crippen LogP contribution in [0.1, 0.15) is 32.1 Å². The number of aromatic nitrogens is 2. The first-order chi connectivity index (χ1) is 10.8. The molecule has 0 aliphatic carbocycles. The van der Waals surface area contributed by atoms with Crippen molar-refractivity contribution in [3.63, 3.8) is 0 Å². The van der Waals surface area contributed by atoms with Gasteiger partial charge in [-0.15, -0.1) is 0 Å². The standard InChI is InChI=1S/C17H21N3O2/c21-13-7-3-1-2-6-12-20(16-8-4-5-11-18-16)17-10-9-15(22)14-19-17/h4-5,8-11,13-14,22H,1-3,6-7,12H2. The quantitative estimate of drug-likeness (QED) is 0.567. The van der Waals surface area contributed by atoms with Crippen molar-refractivity contribution in [1.82, 2.24) is 9.97 Å². The lowest BCUT2D eigenvalue weighted by atomic mass is 10.1. The van der Waals surface area contributed by atoms with E-state index in [9.17, 15) is 9.90 Å². The molecule has 0 atom stereocenters. The molecule has 2 aromatic rings. The van der Waals surface area contributed by atoms with E-state index in [4.69, 9.17) is 0 Å². The second kappa shape index (κ2) is 8.77. The van der Waals surface area contributed by atoms with E-state index in [1.165, 1.54) is 6.20 Å². The zero-order valence-electron chi connectivity index (χ0n) is 12.6. The van der Waals surface area contributed by atoms with E-state index in [0.29, 0.717) is 6.42 Å². The van der Waals surface area contributed by atoms with Crippen molar-refractivity contribution in [2.75, 3.05) is 11.4 Å². The number of aromatic hydroxyl groups is 1. The fraction of sp³-hybridized carbons (Fsp3) is 0.353. The topological polar surface area (TPSA) is 66.3 Å². The molecular weight excluding hydrogens is 278 g/mol. The summed E-state index contributed by atoms with van der Waals surface area (Å²) in [7, 11) is 0. The van der Waals surface area contributed by atoms with Gasteiger partial charge in [0, 0.05) is 19.2 Å². The lowest BCUT2D eigenvalue weighted by Gasteiger charge is -2.22. The van der Waals surface area contributed by atoms with Crippen LogP contribution in [0.5, 0.6) is 5.75 Å². The Balaban J connectivity index is 2.00. The molecule has 1 N–H and O–H groups in total. The van der Waals surface area contributed by atoms with Crippen LogP contribution in [-0.4, -0.2) is 27.9 Å². The fourth-order valence-electron chi connectivity index (χ4n) is 2.25. The molecule has 22 heavy (non-hydrogen) atoms. The molecule has 0 bridgehead atoms. The van der Waals surface area contributed by atoms with E-state index in [1.54, 1.807) is 18.3 Å². The third-order valence-electron chi connectivity index (χ3n) is 3.39. The Labute approximate surface area is 130 Å². The van der Waals surface area contributed by atoms with Crippen LogP contribution in [0.15, 0.2) is 42.7 Å². The molecule has 5 heteroatoms. The SMILES string of the molecule is O=CCCCCCCN(c1ccccn1)c1ccc(O)cn1. The largest absolute Gasteiger partial charge is 0.506 e. The lowest BCUT2D eigenvalue weighted by molar-refractivity contribution is -0.107. The molecule has 0 radical (unpaired) electrons. The van der Waals surface area contributed by atoms with Gasteiger partial charge in [-0.2, -0.15) is 0 Å². The predicted octanol–water partition coefficient (Wildman–Crippen LogP) is 3.47. The minimum Gasteiger partial charge on any atom is -0.506 e. The second-order valence-electron chi connectivity index (χ2n) is 5.08. The van der Waals surface area contributed by atoms with Gasteiger partial charge in [0.05, 0.1) is 6.20 Å². The van der Waals surface area contributed by atoms with E-state index in [2.05, 4.69) is 9.97 Å². The van der Waals surface area contributed by atoms with Gasteiger partial charge in [-0.1, -0.05) is 18.9 Å². The van der Waals surface area contributed by atoms with Gasteiger partial charge in [0.25, 0.3) is 0 Å². The summed E-state index contributed by atoms with van der Waals surface area (Å²) < 4.78 is 0. The zero-order valence-corrected chi connectivity index (χ0v) is 12.6. The van der Waals surface area contributed by atoms with Crippen LogP contribution in [0.25, 0.3) is 0 Å². The first-order valence-electron chi connectivity index (χ1n) is 7.58. The van der Waals surface area contributed by atoms with Crippen molar-refractivity contribution < 1.29 is 9.90 Å². The van der Waals surface area contributed by atoms with Gasteiger partial charge in [0.1, 0.15) is 23.7 Å². The summed E-state index contributed by atoms with van der Waals surface area (Å²) in [5, 5.41) is 9.38. The van der Waals surface area contributed by atoms with Crippen LogP contribution in [0, 0.1) is 0 Å². The first-order valence-corrected chi connectivity index (χ1v) is 7.58. The molecule has 2 heterocycles. The van der Waals surface area contributed by atoms with E-state index in [-0.39, 0.29) is 5.75 Å². The molecule has 0 unspecified atom stereocenters. The van der Waals surface area contributed by atoms with Crippen LogP contribution >= 0.6 is 0 Å². The number of unbranched alkanes of at least 4 members (excludes halogenated alkanes) is 4. The summed E-state index contributed by atoms with van der Waals surface area (Å²) in [6.45, 7) is 0.801.